The molecule has 1 atom stereocenters. The fourth-order valence-corrected chi connectivity index (χ4v) is 1.38. The van der Waals surface area contributed by atoms with Crippen LogP contribution in [0.25, 0.3) is 0 Å². The maximum atomic E-state index is 11.5. The predicted molar refractivity (Wildman–Crippen MR) is 59.8 cm³/mol. The zero-order valence-electron chi connectivity index (χ0n) is 10.1. The van der Waals surface area contributed by atoms with Gasteiger partial charge in [-0.1, -0.05) is 30.3 Å². The maximum Gasteiger partial charge on any atom is 0.328 e. The Kier molecular flexibility index (Phi) is 3.94. The fraction of sp³-hybridized carbons (Fsp3) is 0.333. The van der Waals surface area contributed by atoms with Crippen LogP contribution in [0.3, 0.4) is 0 Å². The topological polar surface area (TPSA) is 55.4 Å². The van der Waals surface area contributed by atoms with Gasteiger partial charge in [0.05, 0.1) is 7.11 Å². The molecule has 1 rings (SSSR count). The van der Waals surface area contributed by atoms with Gasteiger partial charge in [0.15, 0.2) is 0 Å². The van der Waals surface area contributed by atoms with Crippen LogP contribution in [0.15, 0.2) is 30.3 Å². The van der Waals surface area contributed by atoms with Crippen molar-refractivity contribution in [2.75, 3.05) is 7.11 Å². The van der Waals surface area contributed by atoms with Crippen molar-refractivity contribution in [2.45, 2.75) is 19.4 Å². The fourth-order valence-electron chi connectivity index (χ4n) is 1.38. The number of benzene rings is 1. The van der Waals surface area contributed by atoms with Gasteiger partial charge in [-0.2, -0.15) is 0 Å². The van der Waals surface area contributed by atoms with E-state index in [-0.39, 0.29) is 0 Å². The van der Waals surface area contributed by atoms with Gasteiger partial charge in [0, 0.05) is 14.7 Å². The van der Waals surface area contributed by atoms with Gasteiger partial charge in [0.25, 0.3) is 0 Å². The van der Waals surface area contributed by atoms with Gasteiger partial charge in [-0.25, -0.2) is 4.79 Å². The van der Waals surface area contributed by atoms with E-state index < -0.39 is 24.8 Å². The van der Waals surface area contributed by atoms with Crippen LogP contribution in [0.2, 0.25) is 0 Å². The molecule has 0 bridgehead atoms. The van der Waals surface area contributed by atoms with Crippen LogP contribution in [-0.4, -0.2) is 25.0 Å². The van der Waals surface area contributed by atoms with Crippen LogP contribution in [0.1, 0.15) is 13.8 Å². The molecular formula is C12H15NO3. The molecule has 1 amide bonds. The van der Waals surface area contributed by atoms with Crippen molar-refractivity contribution in [3.63, 3.8) is 0 Å². The first kappa shape index (κ1) is 10.7. The molecule has 1 aromatic carbocycles. The summed E-state index contributed by atoms with van der Waals surface area (Å²) in [5, 5.41) is 2.46. The molecule has 0 spiro atoms. The quantitative estimate of drug-likeness (QED) is 0.770. The minimum atomic E-state index is -0.736. The third kappa shape index (κ3) is 3.73. The van der Waals surface area contributed by atoms with Crippen LogP contribution in [0.4, 0.5) is 0 Å². The van der Waals surface area contributed by atoms with Crippen LogP contribution in [0.5, 0.6) is 0 Å². The Labute approximate surface area is 96.0 Å². The number of hydrogen-bond acceptors (Lipinski definition) is 3. The molecule has 0 aliphatic heterocycles. The first-order valence-electron chi connectivity index (χ1n) is 5.58. The summed E-state index contributed by atoms with van der Waals surface area (Å²) in [6, 6.07) is 8.58. The molecule has 0 fully saturated rings. The highest BCUT2D eigenvalue weighted by Gasteiger charge is 2.20. The third-order valence-corrected chi connectivity index (χ3v) is 2.10. The van der Waals surface area contributed by atoms with E-state index in [1.54, 1.807) is 0 Å². The lowest BCUT2D eigenvalue weighted by Crippen LogP contribution is -2.41. The zero-order valence-corrected chi connectivity index (χ0v) is 9.10. The molecule has 1 N–H and O–H groups in total. The van der Waals surface area contributed by atoms with Crippen molar-refractivity contribution in [1.29, 1.82) is 0 Å². The standard InChI is InChI=1S/C12H15NO3/c1-9(14)13-11(12(15)16-2)8-10-6-4-3-5-7-10/h3-7,11H,8H2,1-2H3,(H,13,14)/t11-/m0/s1/i1D. The molecule has 1 aromatic rings. The van der Waals surface area contributed by atoms with Gasteiger partial charge >= 0.3 is 5.97 Å². The average Bonchev–Trinajstić information content (AvgIpc) is 2.38. The summed E-state index contributed by atoms with van der Waals surface area (Å²) < 4.78 is 11.5. The minimum absolute atomic E-state index is 0.360. The largest absolute Gasteiger partial charge is 0.467 e. The SMILES string of the molecule is [2H]CC(=O)N[C@@H](Cc1ccccc1)C(=O)OC. The summed E-state index contributed by atoms with van der Waals surface area (Å²) in [5.41, 5.74) is 0.924. The van der Waals surface area contributed by atoms with Gasteiger partial charge in [-0.15, -0.1) is 0 Å². The van der Waals surface area contributed by atoms with Gasteiger partial charge in [-0.3, -0.25) is 4.79 Å². The molecule has 4 heteroatoms. The second-order valence-electron chi connectivity index (χ2n) is 3.33. The van der Waals surface area contributed by atoms with Crippen molar-refractivity contribution >= 4 is 11.9 Å². The Balaban J connectivity index is 2.70. The molecule has 0 saturated heterocycles. The Morgan fingerprint density at radius 1 is 1.44 bits per heavy atom. The number of methoxy groups -OCH3 is 1. The molecule has 0 saturated carbocycles. The Hall–Kier alpha value is -1.84. The summed E-state index contributed by atoms with van der Waals surface area (Å²) >= 11 is 0. The number of nitrogens with one attached hydrogen (secondary N) is 1. The lowest BCUT2D eigenvalue weighted by molar-refractivity contribution is -0.144. The highest BCUT2D eigenvalue weighted by atomic mass is 16.5. The number of amides is 1. The zero-order chi connectivity index (χ0) is 12.7. The second kappa shape index (κ2) is 5.90. The Morgan fingerprint density at radius 3 is 2.69 bits per heavy atom. The lowest BCUT2D eigenvalue weighted by atomic mass is 10.1. The first-order valence-corrected chi connectivity index (χ1v) is 4.87. The van der Waals surface area contributed by atoms with E-state index in [1.807, 2.05) is 30.3 Å². The number of carbonyl (C=O) groups is 2. The number of esters is 1. The third-order valence-electron chi connectivity index (χ3n) is 2.10. The molecule has 0 radical (unpaired) electrons. The molecule has 0 aliphatic rings. The summed E-state index contributed by atoms with van der Waals surface area (Å²) in [5.74, 6) is -0.994. The average molecular weight is 222 g/mol. The van der Waals surface area contributed by atoms with Gasteiger partial charge in [0.1, 0.15) is 6.04 Å². The van der Waals surface area contributed by atoms with Crippen LogP contribution in [0, 0.1) is 0 Å². The van der Waals surface area contributed by atoms with E-state index >= 15 is 0 Å². The first-order chi connectivity index (χ1) is 8.17. The highest BCUT2D eigenvalue weighted by Crippen LogP contribution is 2.04. The van der Waals surface area contributed by atoms with Crippen LogP contribution in [-0.2, 0) is 20.7 Å². The van der Waals surface area contributed by atoms with E-state index in [4.69, 9.17) is 1.37 Å². The molecule has 0 aromatic heterocycles. The molecular weight excluding hydrogens is 206 g/mol. The summed E-state index contributed by atoms with van der Waals surface area (Å²) in [4.78, 5) is 22.6. The minimum Gasteiger partial charge on any atom is -0.467 e. The Bertz CT molecular complexity index is 381. The monoisotopic (exact) mass is 222 g/mol. The summed E-state index contributed by atoms with van der Waals surface area (Å²) in [6.07, 6.45) is 0.360. The molecule has 4 nitrogen and oxygen atoms in total. The molecule has 86 valence electrons. The lowest BCUT2D eigenvalue weighted by Gasteiger charge is -2.15. The highest BCUT2D eigenvalue weighted by molar-refractivity contribution is 5.83. The van der Waals surface area contributed by atoms with Crippen molar-refractivity contribution in [2.24, 2.45) is 0 Å². The van der Waals surface area contributed by atoms with E-state index in [0.29, 0.717) is 6.42 Å². The number of hydrogen-bond donors (Lipinski definition) is 1. The van der Waals surface area contributed by atoms with E-state index in [2.05, 4.69) is 10.1 Å². The van der Waals surface area contributed by atoms with Gasteiger partial charge in [0.2, 0.25) is 5.91 Å². The van der Waals surface area contributed by atoms with E-state index in [9.17, 15) is 9.59 Å². The number of rotatable bonds is 4. The summed E-state index contributed by atoms with van der Waals surface area (Å²) in [7, 11) is 1.27. The van der Waals surface area contributed by atoms with Crippen LogP contribution >= 0.6 is 0 Å². The maximum absolute atomic E-state index is 11.5. The normalized spacial score (nSPS) is 12.4. The molecule has 16 heavy (non-hydrogen) atoms. The van der Waals surface area contributed by atoms with E-state index in [1.165, 1.54) is 7.11 Å². The number of carbonyl (C=O) groups excluding carboxylic acids is 2. The predicted octanol–water partition coefficient (Wildman–Crippen LogP) is 0.907. The molecule has 0 aliphatic carbocycles. The molecule has 0 heterocycles. The van der Waals surface area contributed by atoms with Crippen LogP contribution < -0.4 is 5.32 Å². The summed E-state index contributed by atoms with van der Waals surface area (Å²) in [6.45, 7) is -0.401. The van der Waals surface area contributed by atoms with Crippen molar-refractivity contribution in [3.05, 3.63) is 35.9 Å². The molecule has 0 unspecified atom stereocenters. The number of ether oxygens (including phenoxy) is 1. The Morgan fingerprint density at radius 2 is 2.12 bits per heavy atom. The van der Waals surface area contributed by atoms with Crippen molar-refractivity contribution in [1.82, 2.24) is 5.32 Å². The van der Waals surface area contributed by atoms with Crippen molar-refractivity contribution in [3.8, 4) is 0 Å². The van der Waals surface area contributed by atoms with Crippen molar-refractivity contribution < 1.29 is 15.7 Å². The second-order valence-corrected chi connectivity index (χ2v) is 3.33. The van der Waals surface area contributed by atoms with Gasteiger partial charge in [-0.05, 0) is 5.56 Å². The smallest absolute Gasteiger partial charge is 0.328 e. The van der Waals surface area contributed by atoms with Gasteiger partial charge < -0.3 is 10.1 Å². The van der Waals surface area contributed by atoms with E-state index in [0.717, 1.165) is 5.56 Å².